The Balaban J connectivity index is 4.09. The zero-order valence-corrected chi connectivity index (χ0v) is 10.1. The molecule has 0 aliphatic rings. The number of hydrogen-bond donors (Lipinski definition) is 1. The molecule has 7 nitrogen and oxygen atoms in total. The van der Waals surface area contributed by atoms with Gasteiger partial charge in [0.05, 0.1) is 6.61 Å². The van der Waals surface area contributed by atoms with Crippen LogP contribution in [0.2, 0.25) is 0 Å². The highest BCUT2D eigenvalue weighted by atomic mass is 16.6. The van der Waals surface area contributed by atoms with Crippen LogP contribution in [0.5, 0.6) is 0 Å². The van der Waals surface area contributed by atoms with Gasteiger partial charge in [-0.2, -0.15) is 0 Å². The van der Waals surface area contributed by atoms with E-state index >= 15 is 0 Å². The Kier molecular flexibility index (Phi) is 6.69. The van der Waals surface area contributed by atoms with Crippen LogP contribution in [0.15, 0.2) is 0 Å². The van der Waals surface area contributed by atoms with Crippen LogP contribution in [0.1, 0.15) is 27.2 Å². The first kappa shape index (κ1) is 15.2. The molecule has 0 saturated carbocycles. The summed E-state index contributed by atoms with van der Waals surface area (Å²) in [7, 11) is 0. The third kappa shape index (κ3) is 9.16. The van der Waals surface area contributed by atoms with Crippen LogP contribution in [0.4, 0.5) is 4.79 Å². The molecule has 1 amide bonds. The summed E-state index contributed by atoms with van der Waals surface area (Å²) in [5, 5.41) is 2.32. The maximum Gasteiger partial charge on any atom is 0.410 e. The molecule has 0 spiro atoms. The van der Waals surface area contributed by atoms with Crippen molar-refractivity contribution in [3.63, 3.8) is 0 Å². The number of alkyl carbamates (subject to hydrolysis) is 1. The Bertz CT molecular complexity index is 260. The number of carbonyl (C=O) groups excluding carboxylic acids is 3. The van der Waals surface area contributed by atoms with E-state index < -0.39 is 17.9 Å². The van der Waals surface area contributed by atoms with Gasteiger partial charge in [-0.25, -0.2) is 4.79 Å². The van der Waals surface area contributed by atoms with Crippen molar-refractivity contribution in [2.45, 2.75) is 39.0 Å². The van der Waals surface area contributed by atoms with E-state index in [-0.39, 0.29) is 26.0 Å². The van der Waals surface area contributed by atoms with Gasteiger partial charge in [0.1, 0.15) is 5.60 Å². The van der Waals surface area contributed by atoms with E-state index in [1.807, 2.05) is 0 Å². The number of ether oxygens (including phenoxy) is 3. The molecule has 0 aliphatic heterocycles. The monoisotopic (exact) mass is 247 g/mol. The van der Waals surface area contributed by atoms with Crippen LogP contribution in [0, 0.1) is 0 Å². The molecule has 1 unspecified atom stereocenters. The second-order valence-corrected chi connectivity index (χ2v) is 4.12. The highest BCUT2D eigenvalue weighted by Gasteiger charge is 2.19. The van der Waals surface area contributed by atoms with Crippen LogP contribution < -0.4 is 5.32 Å². The zero-order valence-electron chi connectivity index (χ0n) is 10.1. The van der Waals surface area contributed by atoms with Gasteiger partial charge in [-0.15, -0.1) is 0 Å². The second-order valence-electron chi connectivity index (χ2n) is 4.12. The summed E-state index contributed by atoms with van der Waals surface area (Å²) in [6.45, 7) is 5.61. The van der Waals surface area contributed by atoms with Gasteiger partial charge in [0.2, 0.25) is 0 Å². The van der Waals surface area contributed by atoms with Gasteiger partial charge in [-0.3, -0.25) is 14.9 Å². The molecule has 1 N–H and O–H groups in total. The smallest absolute Gasteiger partial charge is 0.410 e. The van der Waals surface area contributed by atoms with Crippen molar-refractivity contribution in [3.8, 4) is 0 Å². The third-order valence-corrected chi connectivity index (χ3v) is 1.46. The van der Waals surface area contributed by atoms with Gasteiger partial charge in [-0.1, -0.05) is 0 Å². The minimum atomic E-state index is -0.887. The summed E-state index contributed by atoms with van der Waals surface area (Å²) < 4.78 is 14.0. The molecule has 0 aliphatic carbocycles. The van der Waals surface area contributed by atoms with E-state index in [0.717, 1.165) is 0 Å². The summed E-state index contributed by atoms with van der Waals surface area (Å²) in [6.07, 6.45) is -1.45. The molecule has 98 valence electrons. The van der Waals surface area contributed by atoms with Crippen molar-refractivity contribution in [3.05, 3.63) is 0 Å². The average molecular weight is 247 g/mol. The van der Waals surface area contributed by atoms with Crippen LogP contribution in [-0.4, -0.2) is 37.5 Å². The van der Waals surface area contributed by atoms with Crippen LogP contribution in [0.25, 0.3) is 0 Å². The predicted octanol–water partition coefficient (Wildman–Crippen LogP) is 0.573. The van der Waals surface area contributed by atoms with E-state index in [4.69, 9.17) is 4.74 Å². The molecular weight excluding hydrogens is 230 g/mol. The lowest BCUT2D eigenvalue weighted by molar-refractivity contribution is -0.136. The minimum Gasteiger partial charge on any atom is -0.468 e. The third-order valence-electron chi connectivity index (χ3n) is 1.46. The molecule has 0 heterocycles. The standard InChI is InChI=1S/C10H17NO6/c1-10(2,3)17-9(14)11-8(16-7-13)4-5-15-6-12/h6-8H,4-5H2,1-3H3,(H,11,14). The molecule has 7 heteroatoms. The summed E-state index contributed by atoms with van der Waals surface area (Å²) >= 11 is 0. The maximum absolute atomic E-state index is 11.3. The SMILES string of the molecule is CC(C)(C)OC(=O)NC(CCOC=O)OC=O. The van der Waals surface area contributed by atoms with Gasteiger partial charge in [0.25, 0.3) is 12.9 Å². The first-order valence-corrected chi connectivity index (χ1v) is 5.03. The minimum absolute atomic E-state index is 0.0256. The number of hydrogen-bond acceptors (Lipinski definition) is 6. The van der Waals surface area contributed by atoms with Gasteiger partial charge in [0.15, 0.2) is 6.23 Å². The van der Waals surface area contributed by atoms with Gasteiger partial charge in [-0.05, 0) is 20.8 Å². The van der Waals surface area contributed by atoms with Crippen molar-refractivity contribution in [1.82, 2.24) is 5.32 Å². The van der Waals surface area contributed by atoms with E-state index in [2.05, 4.69) is 14.8 Å². The van der Waals surface area contributed by atoms with E-state index in [0.29, 0.717) is 0 Å². The van der Waals surface area contributed by atoms with Crippen LogP contribution >= 0.6 is 0 Å². The molecule has 0 rings (SSSR count). The molecule has 1 atom stereocenters. The maximum atomic E-state index is 11.3. The Morgan fingerprint density at radius 1 is 1.29 bits per heavy atom. The second kappa shape index (κ2) is 7.48. The lowest BCUT2D eigenvalue weighted by Crippen LogP contribution is -2.41. The lowest BCUT2D eigenvalue weighted by atomic mass is 10.2. The number of rotatable bonds is 7. The van der Waals surface area contributed by atoms with Crippen molar-refractivity contribution in [2.75, 3.05) is 6.61 Å². The molecular formula is C10H17NO6. The number of carbonyl (C=O) groups is 3. The molecule has 0 saturated heterocycles. The molecule has 0 bridgehead atoms. The quantitative estimate of drug-likeness (QED) is 0.306. The zero-order chi connectivity index (χ0) is 13.3. The summed E-state index contributed by atoms with van der Waals surface area (Å²) in [6, 6.07) is 0. The fraction of sp³-hybridized carbons (Fsp3) is 0.700. The van der Waals surface area contributed by atoms with Crippen molar-refractivity contribution >= 4 is 19.0 Å². The largest absolute Gasteiger partial charge is 0.468 e. The van der Waals surface area contributed by atoms with Crippen molar-refractivity contribution in [1.29, 1.82) is 0 Å². The topological polar surface area (TPSA) is 90.9 Å². The van der Waals surface area contributed by atoms with Gasteiger partial charge in [0, 0.05) is 6.42 Å². The van der Waals surface area contributed by atoms with Crippen LogP contribution in [-0.2, 0) is 23.8 Å². The Hall–Kier alpha value is -1.79. The van der Waals surface area contributed by atoms with Crippen LogP contribution in [0.3, 0.4) is 0 Å². The Labute approximate surface area is 99.4 Å². The van der Waals surface area contributed by atoms with E-state index in [9.17, 15) is 14.4 Å². The fourth-order valence-electron chi connectivity index (χ4n) is 0.903. The van der Waals surface area contributed by atoms with Crippen molar-refractivity contribution < 1.29 is 28.6 Å². The molecule has 0 aromatic heterocycles. The van der Waals surface area contributed by atoms with Crippen molar-refractivity contribution in [2.24, 2.45) is 0 Å². The fourth-order valence-corrected chi connectivity index (χ4v) is 0.903. The van der Waals surface area contributed by atoms with Gasteiger partial charge >= 0.3 is 6.09 Å². The van der Waals surface area contributed by atoms with E-state index in [1.54, 1.807) is 20.8 Å². The lowest BCUT2D eigenvalue weighted by Gasteiger charge is -2.22. The molecule has 0 radical (unpaired) electrons. The molecule has 0 aromatic carbocycles. The first-order chi connectivity index (χ1) is 7.89. The Morgan fingerprint density at radius 3 is 2.41 bits per heavy atom. The normalized spacial score (nSPS) is 12.2. The number of nitrogens with one attached hydrogen (secondary N) is 1. The molecule has 0 fully saturated rings. The molecule has 17 heavy (non-hydrogen) atoms. The van der Waals surface area contributed by atoms with Gasteiger partial charge < -0.3 is 14.2 Å². The highest BCUT2D eigenvalue weighted by Crippen LogP contribution is 2.07. The highest BCUT2D eigenvalue weighted by molar-refractivity contribution is 5.68. The summed E-state index contributed by atoms with van der Waals surface area (Å²) in [5.41, 5.74) is -0.644. The Morgan fingerprint density at radius 2 is 1.94 bits per heavy atom. The summed E-state index contributed by atoms with van der Waals surface area (Å²) in [5.74, 6) is 0. The predicted molar refractivity (Wildman–Crippen MR) is 56.9 cm³/mol. The summed E-state index contributed by atoms with van der Waals surface area (Å²) in [4.78, 5) is 31.4. The average Bonchev–Trinajstić information content (AvgIpc) is 2.15. The number of amides is 1. The van der Waals surface area contributed by atoms with E-state index in [1.165, 1.54) is 0 Å². The molecule has 0 aromatic rings. The first-order valence-electron chi connectivity index (χ1n) is 5.03.